The maximum atomic E-state index is 12.0. The van der Waals surface area contributed by atoms with Crippen molar-refractivity contribution in [3.05, 3.63) is 0 Å². The van der Waals surface area contributed by atoms with Crippen molar-refractivity contribution in [2.45, 2.75) is 26.2 Å². The second-order valence-corrected chi connectivity index (χ2v) is 7.00. The third-order valence-electron chi connectivity index (χ3n) is 4.16. The Kier molecular flexibility index (Phi) is 4.60. The van der Waals surface area contributed by atoms with Gasteiger partial charge in [-0.2, -0.15) is 11.8 Å². The van der Waals surface area contributed by atoms with Crippen molar-refractivity contribution in [2.75, 3.05) is 31.1 Å². The van der Waals surface area contributed by atoms with E-state index in [1.807, 2.05) is 11.8 Å². The van der Waals surface area contributed by atoms with Crippen LogP contribution < -0.4 is 5.32 Å². The molecule has 0 radical (unpaired) electrons. The van der Waals surface area contributed by atoms with Gasteiger partial charge in [0, 0.05) is 19.6 Å². The van der Waals surface area contributed by atoms with Crippen LogP contribution in [0.4, 0.5) is 4.79 Å². The van der Waals surface area contributed by atoms with Gasteiger partial charge in [0.05, 0.1) is 5.41 Å². The van der Waals surface area contributed by atoms with Crippen LogP contribution >= 0.6 is 11.8 Å². The highest BCUT2D eigenvalue weighted by Gasteiger charge is 2.42. The smallest absolute Gasteiger partial charge is 0.317 e. The molecule has 0 aromatic heterocycles. The van der Waals surface area contributed by atoms with Crippen LogP contribution in [-0.2, 0) is 4.79 Å². The molecule has 2 N–H and O–H groups in total. The minimum absolute atomic E-state index is 0.108. The molecule has 1 unspecified atom stereocenters. The first-order valence-electron chi connectivity index (χ1n) is 6.85. The van der Waals surface area contributed by atoms with Crippen LogP contribution in [0.25, 0.3) is 0 Å². The topological polar surface area (TPSA) is 69.6 Å². The van der Waals surface area contributed by atoms with E-state index < -0.39 is 11.4 Å². The Balaban J connectivity index is 1.76. The highest BCUT2D eigenvalue weighted by atomic mass is 32.2. The number of nitrogens with one attached hydrogen (secondary N) is 1. The van der Waals surface area contributed by atoms with Gasteiger partial charge in [-0.25, -0.2) is 4.79 Å². The summed E-state index contributed by atoms with van der Waals surface area (Å²) in [6.45, 7) is 3.28. The van der Waals surface area contributed by atoms with Crippen LogP contribution in [0.15, 0.2) is 0 Å². The molecular weight excluding hydrogens is 264 g/mol. The van der Waals surface area contributed by atoms with E-state index in [1.165, 1.54) is 11.5 Å². The number of aliphatic carboxylic acids is 1. The second-order valence-electron chi connectivity index (χ2n) is 5.78. The first-order valence-corrected chi connectivity index (χ1v) is 8.01. The number of hydrogen-bond acceptors (Lipinski definition) is 3. The number of carbonyl (C=O) groups excluding carboxylic acids is 1. The summed E-state index contributed by atoms with van der Waals surface area (Å²) in [6, 6.07) is -0.108. The predicted octanol–water partition coefficient (Wildman–Crippen LogP) is 1.64. The third kappa shape index (κ3) is 3.55. The average Bonchev–Trinajstić information content (AvgIpc) is 2.81. The molecule has 19 heavy (non-hydrogen) atoms. The van der Waals surface area contributed by atoms with Gasteiger partial charge in [0.1, 0.15) is 0 Å². The summed E-state index contributed by atoms with van der Waals surface area (Å²) in [5, 5.41) is 12.1. The van der Waals surface area contributed by atoms with Gasteiger partial charge in [0.25, 0.3) is 0 Å². The highest BCUT2D eigenvalue weighted by Crippen LogP contribution is 2.30. The monoisotopic (exact) mass is 286 g/mol. The number of nitrogens with zero attached hydrogens (tertiary/aromatic N) is 1. The number of carbonyl (C=O) groups is 2. The van der Waals surface area contributed by atoms with E-state index in [-0.39, 0.29) is 6.03 Å². The highest BCUT2D eigenvalue weighted by molar-refractivity contribution is 7.99. The molecule has 0 saturated carbocycles. The van der Waals surface area contributed by atoms with E-state index in [0.29, 0.717) is 25.4 Å². The number of carboxylic acid groups (broad SMARTS) is 1. The molecule has 2 aliphatic rings. The maximum Gasteiger partial charge on any atom is 0.317 e. The number of hydrogen-bond donors (Lipinski definition) is 2. The molecule has 0 aromatic rings. The summed E-state index contributed by atoms with van der Waals surface area (Å²) >= 11 is 1.97. The largest absolute Gasteiger partial charge is 0.481 e. The van der Waals surface area contributed by atoms with Crippen LogP contribution in [-0.4, -0.2) is 53.1 Å². The lowest BCUT2D eigenvalue weighted by Gasteiger charge is -2.24. The molecule has 108 valence electrons. The Morgan fingerprint density at radius 3 is 2.68 bits per heavy atom. The zero-order valence-corrected chi connectivity index (χ0v) is 12.2. The second kappa shape index (κ2) is 6.03. The predicted molar refractivity (Wildman–Crippen MR) is 75.4 cm³/mol. The molecule has 0 bridgehead atoms. The van der Waals surface area contributed by atoms with Crippen molar-refractivity contribution >= 4 is 23.8 Å². The minimum atomic E-state index is -0.813. The van der Waals surface area contributed by atoms with Crippen LogP contribution in [0.1, 0.15) is 26.2 Å². The number of amides is 2. The molecule has 2 rings (SSSR count). The average molecular weight is 286 g/mol. The zero-order chi connectivity index (χ0) is 13.9. The van der Waals surface area contributed by atoms with Gasteiger partial charge < -0.3 is 15.3 Å². The van der Waals surface area contributed by atoms with Gasteiger partial charge in [-0.1, -0.05) is 0 Å². The van der Waals surface area contributed by atoms with Crippen molar-refractivity contribution in [3.8, 4) is 0 Å². The van der Waals surface area contributed by atoms with E-state index in [1.54, 1.807) is 11.8 Å². The summed E-state index contributed by atoms with van der Waals surface area (Å²) in [5.41, 5.74) is -0.779. The Morgan fingerprint density at radius 2 is 2.11 bits per heavy atom. The summed E-state index contributed by atoms with van der Waals surface area (Å²) in [4.78, 5) is 24.8. The molecule has 2 fully saturated rings. The lowest BCUT2D eigenvalue weighted by atomic mass is 9.90. The summed E-state index contributed by atoms with van der Waals surface area (Å²) < 4.78 is 0. The lowest BCUT2D eigenvalue weighted by Crippen LogP contribution is -2.42. The summed E-state index contributed by atoms with van der Waals surface area (Å²) in [5.74, 6) is 2.13. The van der Waals surface area contributed by atoms with Gasteiger partial charge >= 0.3 is 12.0 Å². The number of thioether (sulfide) groups is 1. The summed E-state index contributed by atoms with van der Waals surface area (Å²) in [7, 11) is 0. The fraction of sp³-hybridized carbons (Fsp3) is 0.846. The van der Waals surface area contributed by atoms with Gasteiger partial charge in [-0.15, -0.1) is 0 Å². The van der Waals surface area contributed by atoms with Crippen molar-refractivity contribution in [1.82, 2.24) is 10.2 Å². The Bertz CT molecular complexity index is 358. The number of urea groups is 1. The molecular formula is C13H22N2O3S. The fourth-order valence-corrected chi connectivity index (χ4v) is 3.81. The lowest BCUT2D eigenvalue weighted by molar-refractivity contribution is -0.146. The van der Waals surface area contributed by atoms with E-state index >= 15 is 0 Å². The maximum absolute atomic E-state index is 12.0. The molecule has 0 spiro atoms. The van der Waals surface area contributed by atoms with Crippen LogP contribution in [0.3, 0.4) is 0 Å². The first-order chi connectivity index (χ1) is 9.01. The van der Waals surface area contributed by atoms with Gasteiger partial charge in [-0.3, -0.25) is 4.79 Å². The molecule has 2 saturated heterocycles. The fourth-order valence-electron chi connectivity index (χ4n) is 2.60. The number of rotatable bonds is 3. The van der Waals surface area contributed by atoms with Crippen molar-refractivity contribution in [1.29, 1.82) is 0 Å². The van der Waals surface area contributed by atoms with Gasteiger partial charge in [0.15, 0.2) is 0 Å². The Morgan fingerprint density at radius 1 is 1.42 bits per heavy atom. The van der Waals surface area contributed by atoms with Crippen LogP contribution in [0.5, 0.6) is 0 Å². The summed E-state index contributed by atoms with van der Waals surface area (Å²) in [6.07, 6.45) is 2.87. The molecule has 6 heteroatoms. The standard InChI is InChI=1S/C13H22N2O3S/c1-13(11(16)17)4-5-15(9-13)12(18)14-8-10-2-6-19-7-3-10/h10H,2-9H2,1H3,(H,14,18)(H,16,17). The van der Waals surface area contributed by atoms with Crippen molar-refractivity contribution in [3.63, 3.8) is 0 Å². The molecule has 2 heterocycles. The molecule has 1 atom stereocenters. The Hall–Kier alpha value is -0.910. The van der Waals surface area contributed by atoms with Crippen LogP contribution in [0, 0.1) is 11.3 Å². The minimum Gasteiger partial charge on any atom is -0.481 e. The quantitative estimate of drug-likeness (QED) is 0.827. The van der Waals surface area contributed by atoms with Crippen molar-refractivity contribution in [2.24, 2.45) is 11.3 Å². The molecule has 2 amide bonds. The molecule has 0 aliphatic carbocycles. The van der Waals surface area contributed by atoms with E-state index in [9.17, 15) is 9.59 Å². The molecule has 5 nitrogen and oxygen atoms in total. The first kappa shape index (κ1) is 14.5. The SMILES string of the molecule is CC1(C(=O)O)CCN(C(=O)NCC2CCSCC2)C1. The zero-order valence-electron chi connectivity index (χ0n) is 11.4. The normalized spacial score (nSPS) is 28.4. The Labute approximate surface area is 118 Å². The van der Waals surface area contributed by atoms with Crippen molar-refractivity contribution < 1.29 is 14.7 Å². The van der Waals surface area contributed by atoms with Gasteiger partial charge in [-0.05, 0) is 43.6 Å². The number of likely N-dealkylation sites (tertiary alicyclic amines) is 1. The third-order valence-corrected chi connectivity index (χ3v) is 5.21. The van der Waals surface area contributed by atoms with E-state index in [0.717, 1.165) is 19.4 Å². The molecule has 0 aromatic carbocycles. The van der Waals surface area contributed by atoms with E-state index in [2.05, 4.69) is 5.32 Å². The van der Waals surface area contributed by atoms with Crippen LogP contribution in [0.2, 0.25) is 0 Å². The number of carboxylic acids is 1. The van der Waals surface area contributed by atoms with E-state index in [4.69, 9.17) is 5.11 Å². The molecule has 2 aliphatic heterocycles. The van der Waals surface area contributed by atoms with Gasteiger partial charge in [0.2, 0.25) is 0 Å².